The van der Waals surface area contributed by atoms with Gasteiger partial charge in [0.05, 0.1) is 43.8 Å². The Morgan fingerprint density at radius 1 is 1.25 bits per heavy atom. The SMILES string of the molecule is COCCNC(=O)c1cnn2c1C[C@H](NC(=O)CCc1ccc(OC)cc1)C2. The number of aromatic nitrogens is 2. The molecule has 1 aromatic carbocycles. The number of fused-ring (bicyclic) bond motifs is 1. The molecule has 0 aliphatic carbocycles. The lowest BCUT2D eigenvalue weighted by Gasteiger charge is -2.12. The van der Waals surface area contributed by atoms with Gasteiger partial charge in [0.15, 0.2) is 0 Å². The first-order valence-corrected chi connectivity index (χ1v) is 9.35. The third-order valence-corrected chi connectivity index (χ3v) is 4.78. The van der Waals surface area contributed by atoms with Crippen LogP contribution < -0.4 is 15.4 Å². The Morgan fingerprint density at radius 3 is 2.75 bits per heavy atom. The second-order valence-electron chi connectivity index (χ2n) is 6.75. The Kier molecular flexibility index (Phi) is 6.65. The number of amides is 2. The Morgan fingerprint density at radius 2 is 2.04 bits per heavy atom. The fourth-order valence-corrected chi connectivity index (χ4v) is 3.29. The summed E-state index contributed by atoms with van der Waals surface area (Å²) in [5.74, 6) is 0.637. The number of methoxy groups -OCH3 is 2. The van der Waals surface area contributed by atoms with Crippen LogP contribution in [0.5, 0.6) is 5.75 Å². The molecule has 0 fully saturated rings. The van der Waals surface area contributed by atoms with Crippen LogP contribution in [0.2, 0.25) is 0 Å². The summed E-state index contributed by atoms with van der Waals surface area (Å²) in [5, 5.41) is 10.1. The fourth-order valence-electron chi connectivity index (χ4n) is 3.29. The number of nitrogens with one attached hydrogen (secondary N) is 2. The molecule has 28 heavy (non-hydrogen) atoms. The molecule has 8 nitrogen and oxygen atoms in total. The van der Waals surface area contributed by atoms with E-state index in [1.165, 1.54) is 0 Å². The average Bonchev–Trinajstić information content (AvgIpc) is 3.27. The number of benzene rings is 1. The molecule has 1 aliphatic heterocycles. The molecule has 2 amide bonds. The lowest BCUT2D eigenvalue weighted by atomic mass is 10.1. The molecule has 0 spiro atoms. The highest BCUT2D eigenvalue weighted by molar-refractivity contribution is 5.95. The summed E-state index contributed by atoms with van der Waals surface area (Å²) in [6.45, 7) is 1.49. The lowest BCUT2D eigenvalue weighted by Crippen LogP contribution is -2.36. The smallest absolute Gasteiger partial charge is 0.254 e. The van der Waals surface area contributed by atoms with Crippen molar-refractivity contribution in [2.75, 3.05) is 27.4 Å². The summed E-state index contributed by atoms with van der Waals surface area (Å²) in [7, 11) is 3.22. The molecule has 1 atom stereocenters. The number of nitrogens with zero attached hydrogens (tertiary/aromatic N) is 2. The normalized spacial score (nSPS) is 15.1. The van der Waals surface area contributed by atoms with Crippen LogP contribution in [-0.4, -0.2) is 55.0 Å². The zero-order chi connectivity index (χ0) is 19.9. The number of hydrogen-bond donors (Lipinski definition) is 2. The molecule has 150 valence electrons. The first-order valence-electron chi connectivity index (χ1n) is 9.35. The number of carbonyl (C=O) groups excluding carboxylic acids is 2. The van der Waals surface area contributed by atoms with E-state index in [0.717, 1.165) is 17.0 Å². The summed E-state index contributed by atoms with van der Waals surface area (Å²) in [5.41, 5.74) is 2.51. The quantitative estimate of drug-likeness (QED) is 0.626. The van der Waals surface area contributed by atoms with Gasteiger partial charge in [0, 0.05) is 26.5 Å². The van der Waals surface area contributed by atoms with E-state index >= 15 is 0 Å². The second kappa shape index (κ2) is 9.36. The fraction of sp³-hybridized carbons (Fsp3) is 0.450. The highest BCUT2D eigenvalue weighted by Crippen LogP contribution is 2.19. The zero-order valence-electron chi connectivity index (χ0n) is 16.2. The molecular weight excluding hydrogens is 360 g/mol. The van der Waals surface area contributed by atoms with Gasteiger partial charge in [-0.1, -0.05) is 12.1 Å². The summed E-state index contributed by atoms with van der Waals surface area (Å²) in [6, 6.07) is 7.67. The van der Waals surface area contributed by atoms with E-state index in [1.807, 2.05) is 24.3 Å². The minimum Gasteiger partial charge on any atom is -0.497 e. The maximum Gasteiger partial charge on any atom is 0.254 e. The number of aryl methyl sites for hydroxylation is 1. The van der Waals surface area contributed by atoms with Crippen molar-refractivity contribution in [2.24, 2.45) is 0 Å². The summed E-state index contributed by atoms with van der Waals surface area (Å²) >= 11 is 0. The van der Waals surface area contributed by atoms with Gasteiger partial charge >= 0.3 is 0 Å². The van der Waals surface area contributed by atoms with E-state index in [9.17, 15) is 9.59 Å². The molecule has 0 saturated carbocycles. The molecule has 8 heteroatoms. The highest BCUT2D eigenvalue weighted by atomic mass is 16.5. The molecule has 0 bridgehead atoms. The van der Waals surface area contributed by atoms with Gasteiger partial charge < -0.3 is 20.1 Å². The molecule has 1 aliphatic rings. The average molecular weight is 386 g/mol. The van der Waals surface area contributed by atoms with Gasteiger partial charge in [0.1, 0.15) is 5.75 Å². The van der Waals surface area contributed by atoms with E-state index < -0.39 is 0 Å². The molecule has 3 rings (SSSR count). The molecule has 2 heterocycles. The van der Waals surface area contributed by atoms with Crippen molar-refractivity contribution in [3.8, 4) is 5.75 Å². The van der Waals surface area contributed by atoms with Crippen LogP contribution in [0, 0.1) is 0 Å². The Hall–Kier alpha value is -2.87. The first kappa shape index (κ1) is 19.9. The Balaban J connectivity index is 1.47. The third kappa shape index (κ3) is 4.89. The summed E-state index contributed by atoms with van der Waals surface area (Å²) in [6.07, 6.45) is 3.26. The number of ether oxygens (including phenoxy) is 2. The van der Waals surface area contributed by atoms with Gasteiger partial charge in [-0.2, -0.15) is 5.10 Å². The van der Waals surface area contributed by atoms with Crippen LogP contribution in [0.3, 0.4) is 0 Å². The molecule has 2 N–H and O–H groups in total. The van der Waals surface area contributed by atoms with Crippen LogP contribution >= 0.6 is 0 Å². The van der Waals surface area contributed by atoms with E-state index in [4.69, 9.17) is 9.47 Å². The standard InChI is InChI=1S/C20H26N4O4/c1-27-10-9-21-20(26)17-12-22-24-13-15(11-18(17)24)23-19(25)8-5-14-3-6-16(28-2)7-4-14/h3-4,6-7,12,15H,5,8-11,13H2,1-2H3,(H,21,26)(H,23,25)/t15-/m0/s1. The van der Waals surface area contributed by atoms with Gasteiger partial charge in [0.25, 0.3) is 5.91 Å². The van der Waals surface area contributed by atoms with Crippen molar-refractivity contribution in [3.63, 3.8) is 0 Å². The van der Waals surface area contributed by atoms with Crippen LogP contribution in [0.4, 0.5) is 0 Å². The lowest BCUT2D eigenvalue weighted by molar-refractivity contribution is -0.121. The predicted octanol–water partition coefficient (Wildman–Crippen LogP) is 0.942. The minimum absolute atomic E-state index is 0.00216. The van der Waals surface area contributed by atoms with Gasteiger partial charge in [-0.05, 0) is 24.1 Å². The van der Waals surface area contributed by atoms with Crippen LogP contribution in [-0.2, 0) is 28.9 Å². The van der Waals surface area contributed by atoms with Crippen molar-refractivity contribution in [3.05, 3.63) is 47.3 Å². The number of carbonyl (C=O) groups is 2. The number of rotatable bonds is 9. The largest absolute Gasteiger partial charge is 0.497 e. The summed E-state index contributed by atoms with van der Waals surface area (Å²) in [4.78, 5) is 24.6. The second-order valence-corrected chi connectivity index (χ2v) is 6.75. The van der Waals surface area contributed by atoms with Gasteiger partial charge in [-0.15, -0.1) is 0 Å². The van der Waals surface area contributed by atoms with E-state index in [0.29, 0.717) is 44.5 Å². The van der Waals surface area contributed by atoms with Crippen molar-refractivity contribution in [1.29, 1.82) is 0 Å². The van der Waals surface area contributed by atoms with E-state index in [2.05, 4.69) is 15.7 Å². The molecule has 0 saturated heterocycles. The van der Waals surface area contributed by atoms with Crippen LogP contribution in [0.25, 0.3) is 0 Å². The van der Waals surface area contributed by atoms with Crippen molar-refractivity contribution < 1.29 is 19.1 Å². The predicted molar refractivity (Wildman–Crippen MR) is 103 cm³/mol. The summed E-state index contributed by atoms with van der Waals surface area (Å²) < 4.78 is 11.9. The van der Waals surface area contributed by atoms with Crippen LogP contribution in [0.1, 0.15) is 28.0 Å². The highest BCUT2D eigenvalue weighted by Gasteiger charge is 2.28. The Bertz CT molecular complexity index is 816. The first-order chi connectivity index (χ1) is 13.6. The van der Waals surface area contributed by atoms with Crippen molar-refractivity contribution in [1.82, 2.24) is 20.4 Å². The topological polar surface area (TPSA) is 94.5 Å². The molecule has 0 unspecified atom stereocenters. The maximum absolute atomic E-state index is 12.3. The monoisotopic (exact) mass is 386 g/mol. The maximum atomic E-state index is 12.3. The molecule has 1 aromatic heterocycles. The van der Waals surface area contributed by atoms with E-state index in [-0.39, 0.29) is 17.9 Å². The van der Waals surface area contributed by atoms with Gasteiger partial charge in [-0.3, -0.25) is 14.3 Å². The third-order valence-electron chi connectivity index (χ3n) is 4.78. The van der Waals surface area contributed by atoms with Gasteiger partial charge in [-0.25, -0.2) is 0 Å². The molecular formula is C20H26N4O4. The van der Waals surface area contributed by atoms with E-state index in [1.54, 1.807) is 25.1 Å². The zero-order valence-corrected chi connectivity index (χ0v) is 16.2. The molecule has 2 aromatic rings. The van der Waals surface area contributed by atoms with Crippen molar-refractivity contribution in [2.45, 2.75) is 31.8 Å². The van der Waals surface area contributed by atoms with Gasteiger partial charge in [0.2, 0.25) is 5.91 Å². The molecule has 0 radical (unpaired) electrons. The Labute approximate surface area is 164 Å². The van der Waals surface area contributed by atoms with Crippen molar-refractivity contribution >= 4 is 11.8 Å². The van der Waals surface area contributed by atoms with Crippen LogP contribution in [0.15, 0.2) is 30.5 Å². The minimum atomic E-state index is -0.162. The number of hydrogen-bond acceptors (Lipinski definition) is 5.